The Kier molecular flexibility index (Phi) is 5.45. The van der Waals surface area contributed by atoms with E-state index in [0.29, 0.717) is 12.3 Å². The number of hydrogen-bond donors (Lipinski definition) is 2. The van der Waals surface area contributed by atoms with Crippen LogP contribution in [0.1, 0.15) is 53.3 Å². The summed E-state index contributed by atoms with van der Waals surface area (Å²) in [6.07, 6.45) is 3.09. The fourth-order valence-electron chi connectivity index (χ4n) is 2.88. The van der Waals surface area contributed by atoms with Crippen molar-refractivity contribution < 1.29 is 14.4 Å². The molecule has 1 saturated heterocycles. The number of carbonyl (C=O) groups is 1. The molecule has 2 aromatic rings. The van der Waals surface area contributed by atoms with Gasteiger partial charge in [-0.3, -0.25) is 14.7 Å². The average molecular weight is 344 g/mol. The SMILES string of the molecule is Cc1ccc(C(C)NC(=O)c2cc(CN3CCC(O)CC3)on2)cn1. The minimum Gasteiger partial charge on any atom is -0.393 e. The van der Waals surface area contributed by atoms with Crippen molar-refractivity contribution in [3.05, 3.63) is 47.1 Å². The number of aromatic nitrogens is 2. The lowest BCUT2D eigenvalue weighted by atomic mass is 10.1. The summed E-state index contributed by atoms with van der Waals surface area (Å²) in [5, 5.41) is 16.3. The number of hydrogen-bond acceptors (Lipinski definition) is 6. The van der Waals surface area contributed by atoms with E-state index < -0.39 is 0 Å². The minimum absolute atomic E-state index is 0.163. The van der Waals surface area contributed by atoms with Gasteiger partial charge in [-0.2, -0.15) is 0 Å². The molecule has 25 heavy (non-hydrogen) atoms. The van der Waals surface area contributed by atoms with Gasteiger partial charge in [-0.1, -0.05) is 11.2 Å². The predicted molar refractivity (Wildman–Crippen MR) is 91.9 cm³/mol. The maximum atomic E-state index is 12.3. The Balaban J connectivity index is 1.56. The molecule has 134 valence electrons. The van der Waals surface area contributed by atoms with Gasteiger partial charge in [0.05, 0.1) is 18.7 Å². The van der Waals surface area contributed by atoms with Crippen LogP contribution in [0.4, 0.5) is 0 Å². The Bertz CT molecular complexity index is 705. The normalized spacial score (nSPS) is 17.4. The zero-order valence-electron chi connectivity index (χ0n) is 14.6. The highest BCUT2D eigenvalue weighted by Crippen LogP contribution is 2.16. The lowest BCUT2D eigenvalue weighted by Gasteiger charge is -2.28. The first-order chi connectivity index (χ1) is 12.0. The van der Waals surface area contributed by atoms with Crippen molar-refractivity contribution in [1.82, 2.24) is 20.4 Å². The average Bonchev–Trinajstić information content (AvgIpc) is 3.06. The molecule has 0 saturated carbocycles. The molecule has 3 rings (SSSR count). The van der Waals surface area contributed by atoms with Crippen molar-refractivity contribution in [2.45, 2.75) is 45.4 Å². The highest BCUT2D eigenvalue weighted by atomic mass is 16.5. The van der Waals surface area contributed by atoms with Crippen LogP contribution >= 0.6 is 0 Å². The topological polar surface area (TPSA) is 91.5 Å². The second-order valence-electron chi connectivity index (χ2n) is 6.61. The van der Waals surface area contributed by atoms with Gasteiger partial charge in [-0.15, -0.1) is 0 Å². The van der Waals surface area contributed by atoms with Crippen LogP contribution in [0, 0.1) is 6.92 Å². The van der Waals surface area contributed by atoms with Crippen molar-refractivity contribution in [3.63, 3.8) is 0 Å². The standard InChI is InChI=1S/C18H24N4O3/c1-12-3-4-14(10-19-12)13(2)20-18(24)17-9-16(25-21-17)11-22-7-5-15(23)6-8-22/h3-4,9-10,13,15,23H,5-8,11H2,1-2H3,(H,20,24). The second-order valence-corrected chi connectivity index (χ2v) is 6.61. The molecule has 0 bridgehead atoms. The molecule has 0 aromatic carbocycles. The van der Waals surface area contributed by atoms with Gasteiger partial charge in [-0.25, -0.2) is 0 Å². The summed E-state index contributed by atoms with van der Waals surface area (Å²) in [5.41, 5.74) is 2.15. The number of nitrogens with zero attached hydrogens (tertiary/aromatic N) is 3. The van der Waals surface area contributed by atoms with Crippen LogP contribution in [0.2, 0.25) is 0 Å². The van der Waals surface area contributed by atoms with E-state index >= 15 is 0 Å². The van der Waals surface area contributed by atoms with Gasteiger partial charge < -0.3 is 14.9 Å². The van der Waals surface area contributed by atoms with Crippen LogP contribution < -0.4 is 5.32 Å². The number of aliphatic hydroxyl groups is 1. The molecular weight excluding hydrogens is 320 g/mol. The van der Waals surface area contributed by atoms with Gasteiger partial charge in [0, 0.05) is 31.0 Å². The molecule has 1 atom stereocenters. The van der Waals surface area contributed by atoms with Crippen molar-refractivity contribution >= 4 is 5.91 Å². The minimum atomic E-state index is -0.267. The molecule has 2 N–H and O–H groups in total. The maximum Gasteiger partial charge on any atom is 0.273 e. The van der Waals surface area contributed by atoms with Gasteiger partial charge in [0.25, 0.3) is 5.91 Å². The van der Waals surface area contributed by atoms with E-state index in [-0.39, 0.29) is 23.7 Å². The summed E-state index contributed by atoms with van der Waals surface area (Å²) < 4.78 is 5.29. The Morgan fingerprint density at radius 2 is 2.20 bits per heavy atom. The summed E-state index contributed by atoms with van der Waals surface area (Å²) in [6, 6.07) is 5.39. The van der Waals surface area contributed by atoms with Crippen LogP contribution in [0.15, 0.2) is 28.9 Å². The van der Waals surface area contributed by atoms with Crippen LogP contribution in [0.5, 0.6) is 0 Å². The summed E-state index contributed by atoms with van der Waals surface area (Å²) in [5.74, 6) is 0.392. The molecule has 1 aliphatic heterocycles. The first-order valence-electron chi connectivity index (χ1n) is 8.60. The molecule has 0 aliphatic carbocycles. The second kappa shape index (κ2) is 7.76. The number of carbonyl (C=O) groups excluding carboxylic acids is 1. The van der Waals surface area contributed by atoms with Gasteiger partial charge in [0.15, 0.2) is 11.5 Å². The van der Waals surface area contributed by atoms with Crippen molar-refractivity contribution in [2.24, 2.45) is 0 Å². The molecule has 1 fully saturated rings. The Hall–Kier alpha value is -2.25. The van der Waals surface area contributed by atoms with Crippen molar-refractivity contribution in [3.8, 4) is 0 Å². The molecule has 3 heterocycles. The molecule has 7 nitrogen and oxygen atoms in total. The van der Waals surface area contributed by atoms with Crippen LogP contribution in [0.3, 0.4) is 0 Å². The lowest BCUT2D eigenvalue weighted by Crippen LogP contribution is -2.35. The smallest absolute Gasteiger partial charge is 0.273 e. The molecule has 0 radical (unpaired) electrons. The van der Waals surface area contributed by atoms with Crippen molar-refractivity contribution in [2.75, 3.05) is 13.1 Å². The molecule has 1 amide bonds. The maximum absolute atomic E-state index is 12.3. The molecular formula is C18H24N4O3. The van der Waals surface area contributed by atoms with E-state index in [2.05, 4.69) is 20.4 Å². The van der Waals surface area contributed by atoms with E-state index in [4.69, 9.17) is 4.52 Å². The monoisotopic (exact) mass is 344 g/mol. The zero-order chi connectivity index (χ0) is 17.8. The molecule has 7 heteroatoms. The fraction of sp³-hybridized carbons (Fsp3) is 0.500. The number of rotatable bonds is 5. The lowest BCUT2D eigenvalue weighted by molar-refractivity contribution is 0.0748. The first kappa shape index (κ1) is 17.6. The molecule has 1 unspecified atom stereocenters. The molecule has 1 aliphatic rings. The Labute approximate surface area is 147 Å². The predicted octanol–water partition coefficient (Wildman–Crippen LogP) is 1.83. The highest BCUT2D eigenvalue weighted by molar-refractivity contribution is 5.92. The highest BCUT2D eigenvalue weighted by Gasteiger charge is 2.20. The number of aryl methyl sites for hydroxylation is 1. The summed E-state index contributed by atoms with van der Waals surface area (Å²) >= 11 is 0. The van der Waals surface area contributed by atoms with E-state index in [1.165, 1.54) is 0 Å². The van der Waals surface area contributed by atoms with Crippen LogP contribution in [0.25, 0.3) is 0 Å². The van der Waals surface area contributed by atoms with Crippen LogP contribution in [-0.2, 0) is 6.54 Å². The van der Waals surface area contributed by atoms with Gasteiger partial charge in [0.1, 0.15) is 0 Å². The number of nitrogens with one attached hydrogen (secondary N) is 1. The first-order valence-corrected chi connectivity index (χ1v) is 8.60. The number of amides is 1. The largest absolute Gasteiger partial charge is 0.393 e. The summed E-state index contributed by atoms with van der Waals surface area (Å²) in [6.45, 7) is 6.07. The number of likely N-dealkylation sites (tertiary alicyclic amines) is 1. The summed E-state index contributed by atoms with van der Waals surface area (Å²) in [7, 11) is 0. The van der Waals surface area contributed by atoms with E-state index in [9.17, 15) is 9.90 Å². The summed E-state index contributed by atoms with van der Waals surface area (Å²) in [4.78, 5) is 18.8. The molecule has 0 spiro atoms. The quantitative estimate of drug-likeness (QED) is 0.860. The van der Waals surface area contributed by atoms with Crippen LogP contribution in [-0.4, -0.2) is 45.2 Å². The van der Waals surface area contributed by atoms with E-state index in [0.717, 1.165) is 37.2 Å². The third-order valence-electron chi connectivity index (χ3n) is 4.51. The number of aliphatic hydroxyl groups excluding tert-OH is 1. The zero-order valence-corrected chi connectivity index (χ0v) is 14.6. The van der Waals surface area contributed by atoms with Gasteiger partial charge >= 0.3 is 0 Å². The van der Waals surface area contributed by atoms with Gasteiger partial charge in [-0.05, 0) is 38.3 Å². The third kappa shape index (κ3) is 4.64. The van der Waals surface area contributed by atoms with Crippen molar-refractivity contribution in [1.29, 1.82) is 0 Å². The van der Waals surface area contributed by atoms with E-state index in [1.54, 1.807) is 12.3 Å². The molecule has 2 aromatic heterocycles. The van der Waals surface area contributed by atoms with Gasteiger partial charge in [0.2, 0.25) is 0 Å². The number of piperidine rings is 1. The Morgan fingerprint density at radius 1 is 1.44 bits per heavy atom. The fourth-order valence-corrected chi connectivity index (χ4v) is 2.88. The number of pyridine rings is 1. The van der Waals surface area contributed by atoms with E-state index in [1.807, 2.05) is 26.0 Å². The Morgan fingerprint density at radius 3 is 2.88 bits per heavy atom. The third-order valence-corrected chi connectivity index (χ3v) is 4.51.